The van der Waals surface area contributed by atoms with E-state index < -0.39 is 5.60 Å². The summed E-state index contributed by atoms with van der Waals surface area (Å²) in [6, 6.07) is 3.77. The molecule has 1 saturated heterocycles. The van der Waals surface area contributed by atoms with E-state index in [4.69, 9.17) is 15.2 Å². The predicted molar refractivity (Wildman–Crippen MR) is 109 cm³/mol. The first kappa shape index (κ1) is 21.8. The molecule has 1 fully saturated rings. The fraction of sp³-hybridized carbons (Fsp3) is 0.650. The zero-order chi connectivity index (χ0) is 20.9. The largest absolute Gasteiger partial charge is 0.472 e. The predicted octanol–water partition coefficient (Wildman–Crippen LogP) is 2.63. The van der Waals surface area contributed by atoms with Crippen molar-refractivity contribution in [3.8, 4) is 5.88 Å². The Bertz CT molecular complexity index is 681. The van der Waals surface area contributed by atoms with Crippen molar-refractivity contribution in [3.05, 3.63) is 23.9 Å². The van der Waals surface area contributed by atoms with Gasteiger partial charge in [-0.1, -0.05) is 6.07 Å². The summed E-state index contributed by atoms with van der Waals surface area (Å²) in [7, 11) is 0. The Morgan fingerprint density at radius 3 is 2.18 bits per heavy atom. The molecule has 8 nitrogen and oxygen atoms in total. The zero-order valence-corrected chi connectivity index (χ0v) is 17.9. The maximum absolute atomic E-state index is 12.1. The highest BCUT2D eigenvalue weighted by atomic mass is 16.6. The average molecular weight is 392 g/mol. The minimum absolute atomic E-state index is 0.279. The van der Waals surface area contributed by atoms with Crippen molar-refractivity contribution in [2.24, 2.45) is 10.7 Å². The van der Waals surface area contributed by atoms with Crippen molar-refractivity contribution in [2.75, 3.05) is 26.2 Å². The molecular weight excluding hydrogens is 358 g/mol. The molecule has 2 rings (SSSR count). The number of guanidine groups is 1. The van der Waals surface area contributed by atoms with Gasteiger partial charge in [-0.05, 0) is 47.1 Å². The molecule has 1 aromatic rings. The van der Waals surface area contributed by atoms with Crippen molar-refractivity contribution < 1.29 is 14.3 Å². The van der Waals surface area contributed by atoms with Gasteiger partial charge in [0.25, 0.3) is 0 Å². The molecule has 0 aromatic carbocycles. The van der Waals surface area contributed by atoms with E-state index in [1.807, 2.05) is 58.6 Å². The monoisotopic (exact) mass is 391 g/mol. The average Bonchev–Trinajstić information content (AvgIpc) is 2.58. The molecule has 1 amide bonds. The third-order valence-electron chi connectivity index (χ3n) is 3.89. The summed E-state index contributed by atoms with van der Waals surface area (Å²) in [5, 5.41) is 0. The minimum atomic E-state index is -0.490. The molecular formula is C20H33N5O3. The highest BCUT2D eigenvalue weighted by molar-refractivity contribution is 5.78. The number of piperazine rings is 1. The van der Waals surface area contributed by atoms with Crippen LogP contribution in [0.5, 0.6) is 5.88 Å². The van der Waals surface area contributed by atoms with Crippen molar-refractivity contribution in [1.29, 1.82) is 0 Å². The second kappa shape index (κ2) is 8.67. The summed E-state index contributed by atoms with van der Waals surface area (Å²) in [5.41, 5.74) is 6.31. The fourth-order valence-electron chi connectivity index (χ4n) is 2.60. The van der Waals surface area contributed by atoms with Crippen molar-refractivity contribution in [3.63, 3.8) is 0 Å². The molecule has 0 aliphatic carbocycles. The standard InChI is InChI=1S/C20H33N5O3/c1-19(2,3)27-16-8-7-15(13-22-16)14-23-17(21)24-9-11-25(12-10-24)18(26)28-20(4,5)6/h7-8,13H,9-12,14H2,1-6H3,(H2,21,23). The maximum Gasteiger partial charge on any atom is 0.410 e. The quantitative estimate of drug-likeness (QED) is 0.629. The van der Waals surface area contributed by atoms with E-state index in [1.54, 1.807) is 11.1 Å². The summed E-state index contributed by atoms with van der Waals surface area (Å²) in [6.45, 7) is 14.4. The van der Waals surface area contributed by atoms with Crippen LogP contribution in [0.1, 0.15) is 47.1 Å². The van der Waals surface area contributed by atoms with E-state index in [1.165, 1.54) is 0 Å². The molecule has 2 heterocycles. The fourth-order valence-corrected chi connectivity index (χ4v) is 2.60. The van der Waals surface area contributed by atoms with Crippen LogP contribution in [0.3, 0.4) is 0 Å². The molecule has 0 spiro atoms. The molecule has 0 saturated carbocycles. The van der Waals surface area contributed by atoms with E-state index in [0.29, 0.717) is 44.6 Å². The Morgan fingerprint density at radius 2 is 1.68 bits per heavy atom. The molecule has 0 atom stereocenters. The van der Waals surface area contributed by atoms with Crippen molar-refractivity contribution >= 4 is 12.1 Å². The highest BCUT2D eigenvalue weighted by Crippen LogP contribution is 2.16. The smallest absolute Gasteiger partial charge is 0.410 e. The molecule has 0 bridgehead atoms. The normalized spacial score (nSPS) is 16.1. The number of carbonyl (C=O) groups is 1. The molecule has 1 aromatic heterocycles. The van der Waals surface area contributed by atoms with Gasteiger partial charge in [0.15, 0.2) is 5.96 Å². The Kier molecular flexibility index (Phi) is 6.74. The second-order valence-corrected chi connectivity index (χ2v) is 8.85. The molecule has 8 heteroatoms. The van der Waals surface area contributed by atoms with Gasteiger partial charge >= 0.3 is 6.09 Å². The number of aliphatic imine (C=N–C) groups is 1. The van der Waals surface area contributed by atoms with E-state index in [0.717, 1.165) is 5.56 Å². The van der Waals surface area contributed by atoms with Crippen LogP contribution in [-0.4, -0.2) is 64.2 Å². The Labute approximate surface area is 167 Å². The van der Waals surface area contributed by atoms with Crippen molar-refractivity contribution in [2.45, 2.75) is 59.3 Å². The first-order chi connectivity index (χ1) is 12.9. The van der Waals surface area contributed by atoms with Gasteiger partial charge < -0.3 is 25.0 Å². The lowest BCUT2D eigenvalue weighted by Crippen LogP contribution is -2.53. The number of amides is 1. The summed E-state index contributed by atoms with van der Waals surface area (Å²) in [6.07, 6.45) is 1.46. The number of carbonyl (C=O) groups excluding carboxylic acids is 1. The maximum atomic E-state index is 12.1. The van der Waals surface area contributed by atoms with Gasteiger partial charge in [0.2, 0.25) is 5.88 Å². The first-order valence-electron chi connectivity index (χ1n) is 9.60. The third-order valence-corrected chi connectivity index (χ3v) is 3.89. The molecule has 1 aliphatic heterocycles. The zero-order valence-electron chi connectivity index (χ0n) is 17.9. The number of hydrogen-bond donors (Lipinski definition) is 1. The lowest BCUT2D eigenvalue weighted by Gasteiger charge is -2.36. The SMILES string of the molecule is CC(C)(C)OC(=O)N1CCN(C(N)=NCc2ccc(OC(C)(C)C)nc2)CC1. The third kappa shape index (κ3) is 7.25. The van der Waals surface area contributed by atoms with Crippen LogP contribution in [0.15, 0.2) is 23.3 Å². The van der Waals surface area contributed by atoms with Gasteiger partial charge in [0.1, 0.15) is 11.2 Å². The van der Waals surface area contributed by atoms with Gasteiger partial charge in [0.05, 0.1) is 6.54 Å². The van der Waals surface area contributed by atoms with Crippen LogP contribution in [0, 0.1) is 0 Å². The Balaban J connectivity index is 1.84. The molecule has 0 unspecified atom stereocenters. The molecule has 156 valence electrons. The first-order valence-corrected chi connectivity index (χ1v) is 9.60. The van der Waals surface area contributed by atoms with Gasteiger partial charge in [-0.2, -0.15) is 0 Å². The van der Waals surface area contributed by atoms with E-state index in [9.17, 15) is 4.79 Å². The number of aromatic nitrogens is 1. The molecule has 28 heavy (non-hydrogen) atoms. The molecule has 0 radical (unpaired) electrons. The lowest BCUT2D eigenvalue weighted by molar-refractivity contribution is 0.0186. The van der Waals surface area contributed by atoms with Crippen LogP contribution < -0.4 is 10.5 Å². The van der Waals surface area contributed by atoms with Crippen molar-refractivity contribution in [1.82, 2.24) is 14.8 Å². The Morgan fingerprint density at radius 1 is 1.07 bits per heavy atom. The van der Waals surface area contributed by atoms with Crippen LogP contribution in [0.4, 0.5) is 4.79 Å². The molecule has 1 aliphatic rings. The minimum Gasteiger partial charge on any atom is -0.472 e. The van der Waals surface area contributed by atoms with Gasteiger partial charge in [0, 0.05) is 38.4 Å². The summed E-state index contributed by atoms with van der Waals surface area (Å²) >= 11 is 0. The van der Waals surface area contributed by atoms with Crippen LogP contribution in [-0.2, 0) is 11.3 Å². The second-order valence-electron chi connectivity index (χ2n) is 8.85. The highest BCUT2D eigenvalue weighted by Gasteiger charge is 2.26. The van der Waals surface area contributed by atoms with Crippen LogP contribution in [0.2, 0.25) is 0 Å². The number of pyridine rings is 1. The van der Waals surface area contributed by atoms with Crippen LogP contribution >= 0.6 is 0 Å². The van der Waals surface area contributed by atoms with Gasteiger partial charge in [-0.25, -0.2) is 14.8 Å². The van der Waals surface area contributed by atoms with E-state index >= 15 is 0 Å². The van der Waals surface area contributed by atoms with Crippen LogP contribution in [0.25, 0.3) is 0 Å². The van der Waals surface area contributed by atoms with E-state index in [-0.39, 0.29) is 11.7 Å². The topological polar surface area (TPSA) is 93.3 Å². The number of nitrogens with two attached hydrogens (primary N) is 1. The number of nitrogens with zero attached hydrogens (tertiary/aromatic N) is 4. The van der Waals surface area contributed by atoms with Gasteiger partial charge in [-0.15, -0.1) is 0 Å². The number of rotatable bonds is 3. The summed E-state index contributed by atoms with van der Waals surface area (Å²) in [5.74, 6) is 1.06. The number of hydrogen-bond acceptors (Lipinski definition) is 5. The Hall–Kier alpha value is -2.51. The van der Waals surface area contributed by atoms with E-state index in [2.05, 4.69) is 9.98 Å². The summed E-state index contributed by atoms with van der Waals surface area (Å²) in [4.78, 5) is 24.6. The van der Waals surface area contributed by atoms with Gasteiger partial charge in [-0.3, -0.25) is 0 Å². The lowest BCUT2D eigenvalue weighted by atomic mass is 10.2. The molecule has 2 N–H and O–H groups in total. The summed E-state index contributed by atoms with van der Waals surface area (Å²) < 4.78 is 11.1. The number of ether oxygens (including phenoxy) is 2.